The quantitative estimate of drug-likeness (QED) is 0.274. The third kappa shape index (κ3) is 12.1. The zero-order valence-corrected chi connectivity index (χ0v) is 21.3. The number of nitrogens with one attached hydrogen (secondary N) is 3. The molecule has 0 saturated carbocycles. The minimum atomic E-state index is -1.14. The van der Waals surface area contributed by atoms with Crippen molar-refractivity contribution >= 4 is 40.6 Å². The fourth-order valence-electron chi connectivity index (χ4n) is 2.64. The summed E-state index contributed by atoms with van der Waals surface area (Å²) in [5.74, 6) is -1.60. The summed E-state index contributed by atoms with van der Waals surface area (Å²) in [4.78, 5) is 60.6. The van der Waals surface area contributed by atoms with Gasteiger partial charge >= 0.3 is 5.97 Å². The Morgan fingerprint density at radius 2 is 1.41 bits per heavy atom. The first-order valence-electron chi connectivity index (χ1n) is 11.0. The van der Waals surface area contributed by atoms with Crippen molar-refractivity contribution in [2.24, 2.45) is 17.8 Å². The topological polar surface area (TPSA) is 131 Å². The Bertz CT molecular complexity index is 666. The summed E-state index contributed by atoms with van der Waals surface area (Å²) in [6.07, 6.45) is -0.853. The van der Waals surface area contributed by atoms with E-state index in [9.17, 15) is 24.0 Å². The van der Waals surface area contributed by atoms with Gasteiger partial charge in [-0.2, -0.15) is 0 Å². The van der Waals surface area contributed by atoms with E-state index in [1.165, 1.54) is 13.8 Å². The van der Waals surface area contributed by atoms with Crippen LogP contribution >= 0.6 is 11.8 Å². The van der Waals surface area contributed by atoms with Gasteiger partial charge in [0, 0.05) is 25.6 Å². The molecule has 9 nitrogen and oxygen atoms in total. The monoisotopic (exact) mass is 473 g/mol. The zero-order chi connectivity index (χ0) is 25.0. The summed E-state index contributed by atoms with van der Waals surface area (Å²) in [6, 6.07) is -1.64. The SMILES string of the molecule is CC(=O)NCCSC(=O)[C@@H](NC(=O)[C@@H](C)OC(=O)[C@@H](NC(=O)CC(C)C)C(C)C)C(C)C. The third-order valence-electron chi connectivity index (χ3n) is 4.43. The molecule has 0 aliphatic carbocycles. The molecule has 0 rings (SSSR count). The van der Waals surface area contributed by atoms with Gasteiger partial charge in [-0.1, -0.05) is 53.3 Å². The number of esters is 1. The number of hydrogen-bond acceptors (Lipinski definition) is 7. The number of amides is 3. The van der Waals surface area contributed by atoms with Crippen LogP contribution in [0, 0.1) is 17.8 Å². The highest BCUT2D eigenvalue weighted by atomic mass is 32.2. The van der Waals surface area contributed by atoms with Gasteiger partial charge in [-0.15, -0.1) is 0 Å². The standard InChI is InChI=1S/C22H39N3O6S/c1-12(2)11-17(27)24-18(13(3)4)21(29)31-15(7)20(28)25-19(14(5)6)22(30)32-10-9-23-16(8)26/h12-15,18-19H,9-11H2,1-8H3,(H,23,26)(H,24,27)(H,25,28)/t15-,18+,19+/m1/s1. The Balaban J connectivity index is 4.92. The summed E-state index contributed by atoms with van der Waals surface area (Å²) >= 11 is 1.02. The lowest BCUT2D eigenvalue weighted by atomic mass is 10.0. The molecule has 3 atom stereocenters. The number of carbonyl (C=O) groups is 5. The van der Waals surface area contributed by atoms with Crippen LogP contribution in [0.1, 0.15) is 61.8 Å². The fourth-order valence-corrected chi connectivity index (χ4v) is 3.55. The Kier molecular flexibility index (Phi) is 13.9. The van der Waals surface area contributed by atoms with E-state index in [0.29, 0.717) is 12.3 Å². The highest BCUT2D eigenvalue weighted by Crippen LogP contribution is 2.14. The molecular formula is C22H39N3O6S. The molecule has 0 bridgehead atoms. The van der Waals surface area contributed by atoms with Crippen molar-refractivity contribution < 1.29 is 28.7 Å². The van der Waals surface area contributed by atoms with Crippen molar-refractivity contribution in [2.75, 3.05) is 12.3 Å². The van der Waals surface area contributed by atoms with E-state index < -0.39 is 30.1 Å². The van der Waals surface area contributed by atoms with Crippen LogP contribution in [-0.2, 0) is 28.7 Å². The van der Waals surface area contributed by atoms with Crippen LogP contribution in [0.3, 0.4) is 0 Å². The van der Waals surface area contributed by atoms with E-state index in [1.54, 1.807) is 27.7 Å². The molecule has 0 aromatic carbocycles. The molecule has 0 aliphatic rings. The molecule has 0 aromatic rings. The maximum absolute atomic E-state index is 12.6. The van der Waals surface area contributed by atoms with Gasteiger partial charge in [0.1, 0.15) is 12.1 Å². The first-order valence-corrected chi connectivity index (χ1v) is 12.0. The second-order valence-corrected chi connectivity index (χ2v) is 9.95. The number of ether oxygens (including phenoxy) is 1. The van der Waals surface area contributed by atoms with E-state index in [0.717, 1.165) is 11.8 Å². The van der Waals surface area contributed by atoms with Crippen LogP contribution in [0.4, 0.5) is 0 Å². The fraction of sp³-hybridized carbons (Fsp3) is 0.773. The van der Waals surface area contributed by atoms with Crippen molar-refractivity contribution in [3.8, 4) is 0 Å². The van der Waals surface area contributed by atoms with E-state index in [1.807, 2.05) is 13.8 Å². The molecule has 0 aliphatic heterocycles. The van der Waals surface area contributed by atoms with Crippen molar-refractivity contribution in [1.82, 2.24) is 16.0 Å². The second kappa shape index (κ2) is 14.9. The van der Waals surface area contributed by atoms with Gasteiger partial charge in [0.25, 0.3) is 5.91 Å². The molecule has 10 heteroatoms. The molecule has 32 heavy (non-hydrogen) atoms. The summed E-state index contributed by atoms with van der Waals surface area (Å²) in [5.41, 5.74) is 0. The van der Waals surface area contributed by atoms with Gasteiger partial charge < -0.3 is 20.7 Å². The molecule has 0 aromatic heterocycles. The summed E-state index contributed by atoms with van der Waals surface area (Å²) < 4.78 is 5.30. The molecule has 3 amide bonds. The van der Waals surface area contributed by atoms with E-state index in [2.05, 4.69) is 16.0 Å². The van der Waals surface area contributed by atoms with E-state index >= 15 is 0 Å². The van der Waals surface area contributed by atoms with Gasteiger partial charge in [-0.25, -0.2) is 4.79 Å². The molecule has 3 N–H and O–H groups in total. The average molecular weight is 474 g/mol. The lowest BCUT2D eigenvalue weighted by Crippen LogP contribution is -2.50. The van der Waals surface area contributed by atoms with Crippen LogP contribution in [0.25, 0.3) is 0 Å². The summed E-state index contributed by atoms with van der Waals surface area (Å²) in [6.45, 7) is 14.1. The molecule has 0 heterocycles. The number of rotatable bonds is 13. The van der Waals surface area contributed by atoms with Crippen molar-refractivity contribution in [3.05, 3.63) is 0 Å². The first-order chi connectivity index (χ1) is 14.8. The Hall–Kier alpha value is -2.10. The van der Waals surface area contributed by atoms with E-state index in [-0.39, 0.29) is 41.1 Å². The highest BCUT2D eigenvalue weighted by Gasteiger charge is 2.31. The van der Waals surface area contributed by atoms with Crippen molar-refractivity contribution in [2.45, 2.75) is 80.0 Å². The molecule has 0 fully saturated rings. The Morgan fingerprint density at radius 3 is 1.88 bits per heavy atom. The third-order valence-corrected chi connectivity index (χ3v) is 5.38. The molecule has 0 saturated heterocycles. The summed E-state index contributed by atoms with van der Waals surface area (Å²) in [7, 11) is 0. The normalized spacial score (nSPS) is 14.0. The minimum Gasteiger partial charge on any atom is -0.451 e. The van der Waals surface area contributed by atoms with Gasteiger partial charge in [-0.05, 0) is 24.7 Å². The van der Waals surface area contributed by atoms with Gasteiger partial charge in [0.2, 0.25) is 16.9 Å². The lowest BCUT2D eigenvalue weighted by Gasteiger charge is -2.25. The number of hydrogen-bond donors (Lipinski definition) is 3. The van der Waals surface area contributed by atoms with Gasteiger partial charge in [-0.3, -0.25) is 19.2 Å². The van der Waals surface area contributed by atoms with Crippen LogP contribution in [0.15, 0.2) is 0 Å². The predicted octanol–water partition coefficient (Wildman–Crippen LogP) is 1.64. The molecule has 0 spiro atoms. The average Bonchev–Trinajstić information content (AvgIpc) is 2.65. The van der Waals surface area contributed by atoms with Gasteiger partial charge in [0.15, 0.2) is 6.10 Å². The molecular weight excluding hydrogens is 434 g/mol. The second-order valence-electron chi connectivity index (χ2n) is 8.85. The maximum Gasteiger partial charge on any atom is 0.329 e. The first kappa shape index (κ1) is 29.9. The molecule has 184 valence electrons. The van der Waals surface area contributed by atoms with E-state index in [4.69, 9.17) is 4.74 Å². The zero-order valence-electron chi connectivity index (χ0n) is 20.4. The molecule has 0 radical (unpaired) electrons. The van der Waals surface area contributed by atoms with Crippen LogP contribution in [0.2, 0.25) is 0 Å². The Morgan fingerprint density at radius 1 is 0.844 bits per heavy atom. The van der Waals surface area contributed by atoms with Crippen molar-refractivity contribution in [1.29, 1.82) is 0 Å². The van der Waals surface area contributed by atoms with Crippen molar-refractivity contribution in [3.63, 3.8) is 0 Å². The molecule has 0 unspecified atom stereocenters. The van der Waals surface area contributed by atoms with Gasteiger partial charge in [0.05, 0.1) is 0 Å². The highest BCUT2D eigenvalue weighted by molar-refractivity contribution is 8.13. The number of carbonyl (C=O) groups excluding carboxylic acids is 5. The van der Waals surface area contributed by atoms with Crippen LogP contribution in [-0.4, -0.2) is 59.3 Å². The van der Waals surface area contributed by atoms with Crippen LogP contribution in [0.5, 0.6) is 0 Å². The summed E-state index contributed by atoms with van der Waals surface area (Å²) in [5, 5.41) is 7.69. The largest absolute Gasteiger partial charge is 0.451 e. The van der Waals surface area contributed by atoms with Crippen LogP contribution < -0.4 is 16.0 Å². The lowest BCUT2D eigenvalue weighted by molar-refractivity contribution is -0.159. The maximum atomic E-state index is 12.6. The Labute approximate surface area is 195 Å². The number of thioether (sulfide) groups is 1. The smallest absolute Gasteiger partial charge is 0.329 e. The predicted molar refractivity (Wildman–Crippen MR) is 125 cm³/mol. The minimum absolute atomic E-state index is 0.144.